The number of nitrogens with zero attached hydrogens (tertiary/aromatic N) is 2. The second kappa shape index (κ2) is 5.93. The van der Waals surface area contributed by atoms with Crippen molar-refractivity contribution < 1.29 is 9.53 Å². The summed E-state index contributed by atoms with van der Waals surface area (Å²) in [6.45, 7) is 5.14. The summed E-state index contributed by atoms with van der Waals surface area (Å²) in [7, 11) is 0. The maximum Gasteiger partial charge on any atom is 0.311 e. The van der Waals surface area contributed by atoms with E-state index in [9.17, 15) is 4.79 Å². The Morgan fingerprint density at radius 3 is 3.14 bits per heavy atom. The van der Waals surface area contributed by atoms with Crippen molar-refractivity contribution in [2.45, 2.75) is 26.3 Å². The molecule has 1 aromatic carbocycles. The summed E-state index contributed by atoms with van der Waals surface area (Å²) in [5.74, 6) is -0.176. The standard InChI is InChI=1S/C16H18N2O2S/c1-3-20-15(19)8-13-10-21-16-17-14(9-18(13)16)12-6-4-5-11(2)7-12/h4-7,10,14H,3,8-9H2,1-2H3. The maximum absolute atomic E-state index is 11.6. The number of aryl methyl sites for hydroxylation is 1. The topological polar surface area (TPSA) is 41.9 Å². The summed E-state index contributed by atoms with van der Waals surface area (Å²) < 4.78 is 5.02. The molecule has 0 N–H and O–H groups in total. The van der Waals surface area contributed by atoms with Crippen LogP contribution in [-0.2, 0) is 9.53 Å². The minimum Gasteiger partial charge on any atom is -0.466 e. The predicted molar refractivity (Wildman–Crippen MR) is 85.0 cm³/mol. The fourth-order valence-electron chi connectivity index (χ4n) is 2.57. The van der Waals surface area contributed by atoms with Crippen molar-refractivity contribution in [2.24, 2.45) is 4.99 Å². The number of thioether (sulfide) groups is 1. The summed E-state index contributed by atoms with van der Waals surface area (Å²) in [5, 5.41) is 2.99. The molecule has 2 aliphatic heterocycles. The van der Waals surface area contributed by atoms with Gasteiger partial charge in [0.1, 0.15) is 0 Å². The second-order valence-electron chi connectivity index (χ2n) is 5.16. The van der Waals surface area contributed by atoms with E-state index in [0.29, 0.717) is 13.0 Å². The molecule has 21 heavy (non-hydrogen) atoms. The van der Waals surface area contributed by atoms with Gasteiger partial charge in [0.15, 0.2) is 5.17 Å². The number of rotatable bonds is 4. The van der Waals surface area contributed by atoms with E-state index in [0.717, 1.165) is 17.4 Å². The van der Waals surface area contributed by atoms with Crippen molar-refractivity contribution in [3.8, 4) is 0 Å². The van der Waals surface area contributed by atoms with Gasteiger partial charge in [0.05, 0.1) is 25.6 Å². The molecule has 2 aliphatic rings. The SMILES string of the molecule is CCOC(=O)CC1=CSC2=NC(c3cccc(C)c3)CN12. The first-order chi connectivity index (χ1) is 10.2. The highest BCUT2D eigenvalue weighted by Crippen LogP contribution is 2.37. The number of carbonyl (C=O) groups is 1. The quantitative estimate of drug-likeness (QED) is 0.801. The third-order valence-electron chi connectivity index (χ3n) is 3.56. The van der Waals surface area contributed by atoms with E-state index in [4.69, 9.17) is 9.73 Å². The minimum atomic E-state index is -0.176. The summed E-state index contributed by atoms with van der Waals surface area (Å²) in [4.78, 5) is 18.5. The van der Waals surface area contributed by atoms with Crippen molar-refractivity contribution in [1.82, 2.24) is 4.90 Å². The first-order valence-corrected chi connectivity index (χ1v) is 7.98. The molecule has 5 heteroatoms. The van der Waals surface area contributed by atoms with Crippen molar-refractivity contribution in [3.63, 3.8) is 0 Å². The number of fused-ring (bicyclic) bond motifs is 1. The normalized spacial score (nSPS) is 20.1. The Hall–Kier alpha value is -1.75. The molecule has 1 unspecified atom stereocenters. The first-order valence-electron chi connectivity index (χ1n) is 7.10. The molecule has 0 spiro atoms. The van der Waals surface area contributed by atoms with Crippen LogP contribution in [-0.4, -0.2) is 29.2 Å². The van der Waals surface area contributed by atoms with Crippen LogP contribution in [0.5, 0.6) is 0 Å². The lowest BCUT2D eigenvalue weighted by molar-refractivity contribution is -0.142. The molecular weight excluding hydrogens is 284 g/mol. The van der Waals surface area contributed by atoms with E-state index >= 15 is 0 Å². The number of amidine groups is 1. The van der Waals surface area contributed by atoms with Crippen molar-refractivity contribution in [1.29, 1.82) is 0 Å². The average Bonchev–Trinajstić information content (AvgIpc) is 3.01. The van der Waals surface area contributed by atoms with Gasteiger partial charge in [-0.2, -0.15) is 0 Å². The Balaban J connectivity index is 1.70. The Kier molecular flexibility index (Phi) is 4.01. The van der Waals surface area contributed by atoms with Gasteiger partial charge >= 0.3 is 5.97 Å². The van der Waals surface area contributed by atoms with Crippen LogP contribution in [0.2, 0.25) is 0 Å². The van der Waals surface area contributed by atoms with E-state index in [-0.39, 0.29) is 12.0 Å². The molecule has 1 atom stereocenters. The fourth-order valence-corrected chi connectivity index (χ4v) is 3.53. The lowest BCUT2D eigenvalue weighted by Crippen LogP contribution is -2.23. The Morgan fingerprint density at radius 2 is 2.38 bits per heavy atom. The molecule has 0 amide bonds. The fraction of sp³-hybridized carbons (Fsp3) is 0.375. The molecular formula is C16H18N2O2S. The van der Waals surface area contributed by atoms with E-state index in [1.54, 1.807) is 11.8 Å². The van der Waals surface area contributed by atoms with Crippen LogP contribution in [0.3, 0.4) is 0 Å². The van der Waals surface area contributed by atoms with E-state index < -0.39 is 0 Å². The van der Waals surface area contributed by atoms with Crippen LogP contribution in [0.1, 0.15) is 30.5 Å². The zero-order valence-electron chi connectivity index (χ0n) is 12.2. The molecule has 0 bridgehead atoms. The maximum atomic E-state index is 11.6. The average molecular weight is 302 g/mol. The molecule has 2 heterocycles. The van der Waals surface area contributed by atoms with Crippen LogP contribution >= 0.6 is 11.8 Å². The third kappa shape index (κ3) is 2.97. The molecule has 1 aromatic rings. The zero-order chi connectivity index (χ0) is 14.8. The van der Waals surface area contributed by atoms with Gasteiger partial charge in [-0.3, -0.25) is 9.79 Å². The second-order valence-corrected chi connectivity index (χ2v) is 6.00. The predicted octanol–water partition coefficient (Wildman–Crippen LogP) is 3.25. The molecule has 0 fully saturated rings. The number of ether oxygens (including phenoxy) is 1. The molecule has 0 radical (unpaired) electrons. The summed E-state index contributed by atoms with van der Waals surface area (Å²) in [5.41, 5.74) is 3.47. The highest BCUT2D eigenvalue weighted by molar-refractivity contribution is 8.16. The van der Waals surface area contributed by atoms with E-state index in [1.807, 2.05) is 12.3 Å². The van der Waals surface area contributed by atoms with Crippen LogP contribution in [0.4, 0.5) is 0 Å². The number of aliphatic imine (C=N–C) groups is 1. The summed E-state index contributed by atoms with van der Waals surface area (Å²) >= 11 is 1.59. The number of hydrogen-bond donors (Lipinski definition) is 0. The summed E-state index contributed by atoms with van der Waals surface area (Å²) in [6.07, 6.45) is 0.320. The Morgan fingerprint density at radius 1 is 1.52 bits per heavy atom. The number of hydrogen-bond acceptors (Lipinski definition) is 5. The van der Waals surface area contributed by atoms with Gasteiger partial charge in [0.2, 0.25) is 0 Å². The van der Waals surface area contributed by atoms with Gasteiger partial charge in [0.25, 0.3) is 0 Å². The Bertz CT molecular complexity index is 624. The Labute approximate surface area is 128 Å². The van der Waals surface area contributed by atoms with Gasteiger partial charge in [0, 0.05) is 5.70 Å². The molecule has 3 rings (SSSR count). The van der Waals surface area contributed by atoms with Gasteiger partial charge in [-0.05, 0) is 24.8 Å². The van der Waals surface area contributed by atoms with Gasteiger partial charge in [-0.25, -0.2) is 0 Å². The number of benzene rings is 1. The van der Waals surface area contributed by atoms with Crippen LogP contribution < -0.4 is 0 Å². The van der Waals surface area contributed by atoms with E-state index in [1.165, 1.54) is 11.1 Å². The molecule has 0 saturated heterocycles. The smallest absolute Gasteiger partial charge is 0.311 e. The molecule has 110 valence electrons. The lowest BCUT2D eigenvalue weighted by Gasteiger charge is -2.17. The lowest BCUT2D eigenvalue weighted by atomic mass is 10.1. The third-order valence-corrected chi connectivity index (χ3v) is 4.48. The summed E-state index contributed by atoms with van der Waals surface area (Å²) in [6, 6.07) is 8.60. The largest absolute Gasteiger partial charge is 0.466 e. The highest BCUT2D eigenvalue weighted by atomic mass is 32.2. The zero-order valence-corrected chi connectivity index (χ0v) is 13.0. The van der Waals surface area contributed by atoms with Gasteiger partial charge in [-0.1, -0.05) is 41.6 Å². The molecule has 4 nitrogen and oxygen atoms in total. The van der Waals surface area contributed by atoms with Gasteiger partial charge < -0.3 is 9.64 Å². The van der Waals surface area contributed by atoms with Crippen LogP contribution in [0.15, 0.2) is 40.4 Å². The van der Waals surface area contributed by atoms with Gasteiger partial charge in [-0.15, -0.1) is 0 Å². The van der Waals surface area contributed by atoms with Crippen molar-refractivity contribution in [2.75, 3.05) is 13.2 Å². The number of carbonyl (C=O) groups excluding carboxylic acids is 1. The first kappa shape index (κ1) is 14.2. The molecule has 0 aliphatic carbocycles. The number of esters is 1. The van der Waals surface area contributed by atoms with E-state index in [2.05, 4.69) is 36.1 Å². The van der Waals surface area contributed by atoms with Crippen molar-refractivity contribution >= 4 is 22.9 Å². The highest BCUT2D eigenvalue weighted by Gasteiger charge is 2.33. The van der Waals surface area contributed by atoms with Crippen LogP contribution in [0.25, 0.3) is 0 Å². The van der Waals surface area contributed by atoms with Crippen molar-refractivity contribution in [3.05, 3.63) is 46.5 Å². The van der Waals surface area contributed by atoms with Crippen LogP contribution in [0, 0.1) is 6.92 Å². The monoisotopic (exact) mass is 302 g/mol. The minimum absolute atomic E-state index is 0.151. The molecule has 0 aromatic heterocycles. The molecule has 0 saturated carbocycles.